The van der Waals surface area contributed by atoms with Crippen molar-refractivity contribution in [2.24, 2.45) is 0 Å². The van der Waals surface area contributed by atoms with Crippen LogP contribution in [-0.4, -0.2) is 33.6 Å². The summed E-state index contributed by atoms with van der Waals surface area (Å²) in [5, 5.41) is 6.66. The summed E-state index contributed by atoms with van der Waals surface area (Å²) in [7, 11) is -3.44. The summed E-state index contributed by atoms with van der Waals surface area (Å²) in [5.74, 6) is 0. The van der Waals surface area contributed by atoms with Gasteiger partial charge < -0.3 is 10.6 Å². The van der Waals surface area contributed by atoms with Crippen molar-refractivity contribution >= 4 is 15.7 Å². The summed E-state index contributed by atoms with van der Waals surface area (Å²) in [4.78, 5) is 0.310. The average Bonchev–Trinajstić information content (AvgIpc) is 2.76. The van der Waals surface area contributed by atoms with E-state index < -0.39 is 10.0 Å². The summed E-state index contributed by atoms with van der Waals surface area (Å²) in [6, 6.07) is 7.03. The first-order valence-electron chi connectivity index (χ1n) is 6.54. The van der Waals surface area contributed by atoms with Crippen molar-refractivity contribution in [3.05, 3.63) is 24.3 Å². The third-order valence-corrected chi connectivity index (χ3v) is 4.92. The van der Waals surface area contributed by atoms with Gasteiger partial charge in [0.25, 0.3) is 0 Å². The molecule has 0 amide bonds. The third-order valence-electron chi connectivity index (χ3n) is 3.32. The summed E-state index contributed by atoms with van der Waals surface area (Å²) < 4.78 is 26.9. The molecule has 1 aliphatic rings. The highest BCUT2D eigenvalue weighted by atomic mass is 32.2. The number of anilines is 1. The van der Waals surface area contributed by atoms with Crippen molar-refractivity contribution in [1.29, 1.82) is 0 Å². The summed E-state index contributed by atoms with van der Waals surface area (Å²) in [5.41, 5.74) is 0.562. The standard InChI is InChI=1S/C13H21N3O2S/c1-3-15-19(17,18)12-7-5-4-6-11(12)16-13(2)8-9-14-10-13/h4-7,14-16H,3,8-10H2,1-2H3. The number of hydrogen-bond donors (Lipinski definition) is 3. The minimum absolute atomic E-state index is 0.0994. The Hall–Kier alpha value is -1.11. The maximum atomic E-state index is 12.2. The van der Waals surface area contributed by atoms with E-state index in [0.717, 1.165) is 19.5 Å². The fourth-order valence-electron chi connectivity index (χ4n) is 2.32. The quantitative estimate of drug-likeness (QED) is 0.758. The van der Waals surface area contributed by atoms with Crippen LogP contribution in [-0.2, 0) is 10.0 Å². The Kier molecular flexibility index (Phi) is 4.13. The van der Waals surface area contributed by atoms with E-state index >= 15 is 0 Å². The molecule has 19 heavy (non-hydrogen) atoms. The van der Waals surface area contributed by atoms with Gasteiger partial charge in [0.2, 0.25) is 10.0 Å². The molecule has 1 atom stereocenters. The van der Waals surface area contributed by atoms with E-state index in [9.17, 15) is 8.42 Å². The van der Waals surface area contributed by atoms with Gasteiger partial charge in [0.15, 0.2) is 0 Å². The topological polar surface area (TPSA) is 70.2 Å². The minimum atomic E-state index is -3.44. The van der Waals surface area contributed by atoms with Crippen molar-refractivity contribution in [3.63, 3.8) is 0 Å². The van der Waals surface area contributed by atoms with Crippen molar-refractivity contribution in [1.82, 2.24) is 10.0 Å². The van der Waals surface area contributed by atoms with Crippen LogP contribution in [0.25, 0.3) is 0 Å². The largest absolute Gasteiger partial charge is 0.377 e. The van der Waals surface area contributed by atoms with Gasteiger partial charge >= 0.3 is 0 Å². The molecule has 1 saturated heterocycles. The molecule has 1 unspecified atom stereocenters. The highest BCUT2D eigenvalue weighted by Gasteiger charge is 2.30. The Labute approximate surface area is 114 Å². The number of benzene rings is 1. The molecule has 1 heterocycles. The zero-order chi connectivity index (χ0) is 13.9. The lowest BCUT2D eigenvalue weighted by atomic mass is 10.0. The molecule has 6 heteroatoms. The van der Waals surface area contributed by atoms with Gasteiger partial charge in [-0.05, 0) is 32.0 Å². The molecule has 0 bridgehead atoms. The van der Waals surface area contributed by atoms with Crippen LogP contribution in [0.2, 0.25) is 0 Å². The van der Waals surface area contributed by atoms with Gasteiger partial charge in [-0.1, -0.05) is 19.1 Å². The fraction of sp³-hybridized carbons (Fsp3) is 0.538. The lowest BCUT2D eigenvalue weighted by molar-refractivity contribution is 0.562. The lowest BCUT2D eigenvalue weighted by Gasteiger charge is -2.27. The van der Waals surface area contributed by atoms with Crippen LogP contribution in [0.15, 0.2) is 29.2 Å². The molecular formula is C13H21N3O2S. The Balaban J connectivity index is 2.31. The first-order chi connectivity index (χ1) is 8.97. The Morgan fingerprint density at radius 3 is 2.74 bits per heavy atom. The zero-order valence-corrected chi connectivity index (χ0v) is 12.2. The monoisotopic (exact) mass is 283 g/mol. The van der Waals surface area contributed by atoms with Crippen LogP contribution in [0.3, 0.4) is 0 Å². The van der Waals surface area contributed by atoms with E-state index in [1.807, 2.05) is 12.1 Å². The van der Waals surface area contributed by atoms with Crippen LogP contribution in [0.4, 0.5) is 5.69 Å². The molecule has 5 nitrogen and oxygen atoms in total. The summed E-state index contributed by atoms with van der Waals surface area (Å²) >= 11 is 0. The van der Waals surface area contributed by atoms with E-state index in [1.54, 1.807) is 19.1 Å². The molecule has 0 aliphatic carbocycles. The molecule has 1 aromatic rings. The molecule has 0 spiro atoms. The highest BCUT2D eigenvalue weighted by Crippen LogP contribution is 2.26. The molecule has 1 aliphatic heterocycles. The van der Waals surface area contributed by atoms with E-state index in [-0.39, 0.29) is 5.54 Å². The van der Waals surface area contributed by atoms with Gasteiger partial charge in [-0.25, -0.2) is 13.1 Å². The molecule has 1 fully saturated rings. The second-order valence-electron chi connectivity index (χ2n) is 5.11. The van der Waals surface area contributed by atoms with Crippen LogP contribution in [0, 0.1) is 0 Å². The third kappa shape index (κ3) is 3.26. The fourth-order valence-corrected chi connectivity index (χ4v) is 3.52. The predicted molar refractivity (Wildman–Crippen MR) is 76.8 cm³/mol. The SMILES string of the molecule is CCNS(=O)(=O)c1ccccc1NC1(C)CCNC1. The Morgan fingerprint density at radius 1 is 1.37 bits per heavy atom. The van der Waals surface area contributed by atoms with Crippen molar-refractivity contribution in [2.75, 3.05) is 25.0 Å². The van der Waals surface area contributed by atoms with Crippen LogP contribution in [0.5, 0.6) is 0 Å². The van der Waals surface area contributed by atoms with Crippen molar-refractivity contribution < 1.29 is 8.42 Å². The molecule has 3 N–H and O–H groups in total. The molecule has 1 aromatic carbocycles. The van der Waals surface area contributed by atoms with E-state index in [4.69, 9.17) is 0 Å². The number of sulfonamides is 1. The number of nitrogens with one attached hydrogen (secondary N) is 3. The minimum Gasteiger partial charge on any atom is -0.377 e. The number of hydrogen-bond acceptors (Lipinski definition) is 4. The average molecular weight is 283 g/mol. The second-order valence-corrected chi connectivity index (χ2v) is 6.85. The normalized spacial score (nSPS) is 23.5. The Bertz CT molecular complexity index is 537. The maximum Gasteiger partial charge on any atom is 0.242 e. The highest BCUT2D eigenvalue weighted by molar-refractivity contribution is 7.89. The van der Waals surface area contributed by atoms with E-state index in [1.165, 1.54) is 0 Å². The molecule has 2 rings (SSSR count). The van der Waals surface area contributed by atoms with Crippen LogP contribution in [0.1, 0.15) is 20.3 Å². The zero-order valence-electron chi connectivity index (χ0n) is 11.4. The van der Waals surface area contributed by atoms with Gasteiger partial charge in [-0.3, -0.25) is 0 Å². The molecule has 0 aromatic heterocycles. The maximum absolute atomic E-state index is 12.2. The van der Waals surface area contributed by atoms with E-state index in [2.05, 4.69) is 22.3 Å². The lowest BCUT2D eigenvalue weighted by Crippen LogP contribution is -2.37. The van der Waals surface area contributed by atoms with Gasteiger partial charge in [0, 0.05) is 18.6 Å². The van der Waals surface area contributed by atoms with Gasteiger partial charge in [0.05, 0.1) is 5.69 Å². The van der Waals surface area contributed by atoms with Crippen LogP contribution < -0.4 is 15.4 Å². The second kappa shape index (κ2) is 5.48. The van der Waals surface area contributed by atoms with Gasteiger partial charge in [0.1, 0.15) is 4.90 Å². The van der Waals surface area contributed by atoms with Gasteiger partial charge in [-0.15, -0.1) is 0 Å². The summed E-state index contributed by atoms with van der Waals surface area (Å²) in [6.07, 6.45) is 0.975. The first kappa shape index (κ1) is 14.3. The molecule has 0 radical (unpaired) electrons. The smallest absolute Gasteiger partial charge is 0.242 e. The molecular weight excluding hydrogens is 262 g/mol. The molecule has 0 saturated carbocycles. The number of para-hydroxylation sites is 1. The van der Waals surface area contributed by atoms with Crippen molar-refractivity contribution in [3.8, 4) is 0 Å². The summed E-state index contributed by atoms with van der Waals surface area (Å²) in [6.45, 7) is 6.04. The molecule has 106 valence electrons. The van der Waals surface area contributed by atoms with Gasteiger partial charge in [-0.2, -0.15) is 0 Å². The van der Waals surface area contributed by atoms with Crippen LogP contribution >= 0.6 is 0 Å². The Morgan fingerprint density at radius 2 is 2.11 bits per heavy atom. The number of rotatable bonds is 5. The first-order valence-corrected chi connectivity index (χ1v) is 8.03. The van der Waals surface area contributed by atoms with Crippen molar-refractivity contribution in [2.45, 2.75) is 30.7 Å². The predicted octanol–water partition coefficient (Wildman–Crippen LogP) is 1.15. The van der Waals surface area contributed by atoms with E-state index in [0.29, 0.717) is 17.1 Å².